The standard InChI is InChI=1S/C13H18ClFN2O3/c1-8(11-4-3-9(15)5-12(11)14)17-13(19)16-6-10(18)7-20-2/h3-5,8,10,18H,6-7H2,1-2H3,(H2,16,17,19). The third-order valence-corrected chi connectivity index (χ3v) is 2.96. The molecule has 2 amide bonds. The minimum Gasteiger partial charge on any atom is -0.389 e. The van der Waals surface area contributed by atoms with Gasteiger partial charge in [0, 0.05) is 18.7 Å². The van der Waals surface area contributed by atoms with E-state index in [0.717, 1.165) is 0 Å². The Labute approximate surface area is 122 Å². The molecule has 0 bridgehead atoms. The molecular weight excluding hydrogens is 287 g/mol. The Kier molecular flexibility index (Phi) is 6.70. The van der Waals surface area contributed by atoms with Crippen molar-refractivity contribution < 1.29 is 19.0 Å². The highest BCUT2D eigenvalue weighted by Gasteiger charge is 2.13. The maximum atomic E-state index is 12.9. The van der Waals surface area contributed by atoms with Gasteiger partial charge in [0.25, 0.3) is 0 Å². The molecule has 0 spiro atoms. The minimum absolute atomic E-state index is 0.0730. The van der Waals surface area contributed by atoms with Crippen LogP contribution in [0.5, 0.6) is 0 Å². The van der Waals surface area contributed by atoms with Crippen LogP contribution in [0.25, 0.3) is 0 Å². The molecule has 0 aromatic heterocycles. The number of rotatable bonds is 6. The fraction of sp³-hybridized carbons (Fsp3) is 0.462. The van der Waals surface area contributed by atoms with Gasteiger partial charge in [0.2, 0.25) is 0 Å². The van der Waals surface area contributed by atoms with Crippen LogP contribution < -0.4 is 10.6 Å². The van der Waals surface area contributed by atoms with Crippen molar-refractivity contribution in [3.63, 3.8) is 0 Å². The zero-order valence-corrected chi connectivity index (χ0v) is 12.1. The number of carbonyl (C=O) groups excluding carboxylic acids is 1. The second-order valence-electron chi connectivity index (χ2n) is 4.35. The number of benzene rings is 1. The van der Waals surface area contributed by atoms with E-state index in [1.54, 1.807) is 6.92 Å². The van der Waals surface area contributed by atoms with E-state index in [4.69, 9.17) is 16.3 Å². The van der Waals surface area contributed by atoms with Crippen molar-refractivity contribution in [1.29, 1.82) is 0 Å². The van der Waals surface area contributed by atoms with Gasteiger partial charge in [-0.2, -0.15) is 0 Å². The average Bonchev–Trinajstić information content (AvgIpc) is 2.36. The first-order chi connectivity index (χ1) is 9.43. The van der Waals surface area contributed by atoms with Crippen molar-refractivity contribution in [3.8, 4) is 0 Å². The fourth-order valence-electron chi connectivity index (χ4n) is 1.64. The second kappa shape index (κ2) is 8.04. The molecule has 1 rings (SSSR count). The number of methoxy groups -OCH3 is 1. The molecule has 3 N–H and O–H groups in total. The van der Waals surface area contributed by atoms with Gasteiger partial charge in [0.15, 0.2) is 0 Å². The summed E-state index contributed by atoms with van der Waals surface area (Å²) >= 11 is 5.91. The Hall–Kier alpha value is -1.37. The normalized spacial score (nSPS) is 13.7. The molecule has 0 aliphatic rings. The van der Waals surface area contributed by atoms with Crippen LogP contribution in [-0.2, 0) is 4.74 Å². The Bertz CT molecular complexity index is 459. The van der Waals surface area contributed by atoms with Crippen LogP contribution in [0.15, 0.2) is 18.2 Å². The van der Waals surface area contributed by atoms with Gasteiger partial charge in [-0.1, -0.05) is 17.7 Å². The number of nitrogens with one attached hydrogen (secondary N) is 2. The van der Waals surface area contributed by atoms with E-state index in [1.165, 1.54) is 25.3 Å². The van der Waals surface area contributed by atoms with Crippen molar-refractivity contribution in [3.05, 3.63) is 34.6 Å². The topological polar surface area (TPSA) is 70.6 Å². The largest absolute Gasteiger partial charge is 0.389 e. The highest BCUT2D eigenvalue weighted by Crippen LogP contribution is 2.23. The lowest BCUT2D eigenvalue weighted by Gasteiger charge is -2.17. The second-order valence-corrected chi connectivity index (χ2v) is 4.76. The highest BCUT2D eigenvalue weighted by atomic mass is 35.5. The van der Waals surface area contributed by atoms with Crippen LogP contribution in [0, 0.1) is 5.82 Å². The quantitative estimate of drug-likeness (QED) is 0.751. The number of aliphatic hydroxyl groups is 1. The molecule has 2 unspecified atom stereocenters. The molecule has 2 atom stereocenters. The summed E-state index contributed by atoms with van der Waals surface area (Å²) in [4.78, 5) is 11.6. The highest BCUT2D eigenvalue weighted by molar-refractivity contribution is 6.31. The Balaban J connectivity index is 2.49. The predicted molar refractivity (Wildman–Crippen MR) is 74.2 cm³/mol. The first-order valence-corrected chi connectivity index (χ1v) is 6.48. The van der Waals surface area contributed by atoms with Crippen LogP contribution in [0.3, 0.4) is 0 Å². The number of ether oxygens (including phenoxy) is 1. The summed E-state index contributed by atoms with van der Waals surface area (Å²) in [6.07, 6.45) is -0.768. The summed E-state index contributed by atoms with van der Waals surface area (Å²) in [6.45, 7) is 1.94. The first kappa shape index (κ1) is 16.7. The Morgan fingerprint density at radius 1 is 1.55 bits per heavy atom. The van der Waals surface area contributed by atoms with Gasteiger partial charge in [0.1, 0.15) is 5.82 Å². The van der Waals surface area contributed by atoms with E-state index in [1.807, 2.05) is 0 Å². The number of carbonyl (C=O) groups is 1. The van der Waals surface area contributed by atoms with Crippen LogP contribution >= 0.6 is 11.6 Å². The molecule has 0 saturated heterocycles. The van der Waals surface area contributed by atoms with Gasteiger partial charge >= 0.3 is 6.03 Å². The monoisotopic (exact) mass is 304 g/mol. The van der Waals surface area contributed by atoms with Gasteiger partial charge in [-0.15, -0.1) is 0 Å². The number of hydrogen-bond acceptors (Lipinski definition) is 3. The first-order valence-electron chi connectivity index (χ1n) is 6.10. The number of urea groups is 1. The summed E-state index contributed by atoms with van der Waals surface area (Å²) in [7, 11) is 1.46. The molecule has 0 aliphatic heterocycles. The molecule has 0 saturated carbocycles. The van der Waals surface area contributed by atoms with E-state index in [9.17, 15) is 14.3 Å². The maximum Gasteiger partial charge on any atom is 0.315 e. The molecule has 0 aliphatic carbocycles. The lowest BCUT2D eigenvalue weighted by Crippen LogP contribution is -2.41. The minimum atomic E-state index is -0.768. The third-order valence-electron chi connectivity index (χ3n) is 2.63. The van der Waals surface area contributed by atoms with Crippen LogP contribution in [-0.4, -0.2) is 37.5 Å². The predicted octanol–water partition coefficient (Wildman–Crippen LogP) is 1.85. The molecule has 0 radical (unpaired) electrons. The van der Waals surface area contributed by atoms with E-state index >= 15 is 0 Å². The third kappa shape index (κ3) is 5.32. The molecule has 112 valence electrons. The summed E-state index contributed by atoms with van der Waals surface area (Å²) < 4.78 is 17.7. The van der Waals surface area contributed by atoms with Crippen molar-refractivity contribution >= 4 is 17.6 Å². The van der Waals surface area contributed by atoms with Gasteiger partial charge in [0.05, 0.1) is 18.8 Å². The molecule has 20 heavy (non-hydrogen) atoms. The average molecular weight is 305 g/mol. The smallest absolute Gasteiger partial charge is 0.315 e. The molecule has 7 heteroatoms. The van der Waals surface area contributed by atoms with Crippen LogP contribution in [0.1, 0.15) is 18.5 Å². The maximum absolute atomic E-state index is 12.9. The molecular formula is C13H18ClFN2O3. The zero-order chi connectivity index (χ0) is 15.1. The number of halogens is 2. The molecule has 1 aromatic carbocycles. The molecule has 5 nitrogen and oxygen atoms in total. The van der Waals surface area contributed by atoms with E-state index in [2.05, 4.69) is 10.6 Å². The van der Waals surface area contributed by atoms with Crippen molar-refractivity contribution in [2.45, 2.75) is 19.1 Å². The Morgan fingerprint density at radius 3 is 2.85 bits per heavy atom. The SMILES string of the molecule is COCC(O)CNC(=O)NC(C)c1ccc(F)cc1Cl. The van der Waals surface area contributed by atoms with Gasteiger partial charge < -0.3 is 20.5 Å². The van der Waals surface area contributed by atoms with E-state index < -0.39 is 18.0 Å². The molecule has 0 fully saturated rings. The lowest BCUT2D eigenvalue weighted by atomic mass is 10.1. The lowest BCUT2D eigenvalue weighted by molar-refractivity contribution is 0.0659. The van der Waals surface area contributed by atoms with E-state index in [0.29, 0.717) is 5.56 Å². The molecule has 0 heterocycles. The number of aliphatic hydroxyl groups excluding tert-OH is 1. The summed E-state index contributed by atoms with van der Waals surface area (Å²) in [6, 6.07) is 3.15. The van der Waals surface area contributed by atoms with Crippen molar-refractivity contribution in [2.24, 2.45) is 0 Å². The molecule has 1 aromatic rings. The van der Waals surface area contributed by atoms with Gasteiger partial charge in [-0.3, -0.25) is 0 Å². The van der Waals surface area contributed by atoms with Gasteiger partial charge in [-0.25, -0.2) is 9.18 Å². The number of hydrogen-bond donors (Lipinski definition) is 3. The van der Waals surface area contributed by atoms with Crippen LogP contribution in [0.2, 0.25) is 5.02 Å². The van der Waals surface area contributed by atoms with Crippen molar-refractivity contribution in [2.75, 3.05) is 20.3 Å². The summed E-state index contributed by atoms with van der Waals surface area (Å²) in [5.41, 5.74) is 0.612. The number of amides is 2. The van der Waals surface area contributed by atoms with Gasteiger partial charge in [-0.05, 0) is 24.6 Å². The summed E-state index contributed by atoms with van der Waals surface area (Å²) in [5, 5.41) is 14.8. The van der Waals surface area contributed by atoms with Crippen molar-refractivity contribution in [1.82, 2.24) is 10.6 Å². The fourth-order valence-corrected chi connectivity index (χ4v) is 1.97. The zero-order valence-electron chi connectivity index (χ0n) is 11.3. The van der Waals surface area contributed by atoms with Crippen LogP contribution in [0.4, 0.5) is 9.18 Å². The Morgan fingerprint density at radius 2 is 2.25 bits per heavy atom. The van der Waals surface area contributed by atoms with E-state index in [-0.39, 0.29) is 24.2 Å². The summed E-state index contributed by atoms with van der Waals surface area (Å²) in [5.74, 6) is -0.432.